The summed E-state index contributed by atoms with van der Waals surface area (Å²) in [5.41, 5.74) is 3.64. The van der Waals surface area contributed by atoms with Crippen LogP contribution in [-0.2, 0) is 11.2 Å². The number of carbonyl (C=O) groups is 1. The van der Waals surface area contributed by atoms with Crippen LogP contribution in [0.1, 0.15) is 25.0 Å². The van der Waals surface area contributed by atoms with Gasteiger partial charge in [0.05, 0.1) is 0 Å². The predicted octanol–water partition coefficient (Wildman–Crippen LogP) is 4.01. The molecule has 0 aliphatic carbocycles. The average Bonchev–Trinajstić information content (AvgIpc) is 3.11. The number of ether oxygens (including phenoxy) is 1. The van der Waals surface area contributed by atoms with Crippen LogP contribution >= 0.6 is 0 Å². The van der Waals surface area contributed by atoms with E-state index in [1.807, 2.05) is 55.5 Å². The summed E-state index contributed by atoms with van der Waals surface area (Å²) in [7, 11) is 0. The van der Waals surface area contributed by atoms with E-state index in [4.69, 9.17) is 9.37 Å². The molecule has 134 valence electrons. The van der Waals surface area contributed by atoms with Crippen molar-refractivity contribution in [3.05, 3.63) is 59.7 Å². The summed E-state index contributed by atoms with van der Waals surface area (Å²) in [5.74, 6) is 0.589. The van der Waals surface area contributed by atoms with Crippen LogP contribution in [0.4, 0.5) is 5.82 Å². The SMILES string of the molecule is CCc1ccc(O[C@H](C)C(=O)Nc2nonc2-c2ccc(C)cc2)cc1. The summed E-state index contributed by atoms with van der Waals surface area (Å²) in [4.78, 5) is 12.4. The van der Waals surface area contributed by atoms with Gasteiger partial charge in [-0.3, -0.25) is 4.79 Å². The molecule has 1 atom stereocenters. The number of aromatic nitrogens is 2. The van der Waals surface area contributed by atoms with Gasteiger partial charge in [-0.25, -0.2) is 4.63 Å². The van der Waals surface area contributed by atoms with Crippen LogP contribution in [0.5, 0.6) is 5.75 Å². The summed E-state index contributed by atoms with van der Waals surface area (Å²) in [6, 6.07) is 15.4. The number of nitrogens with zero attached hydrogens (tertiary/aromatic N) is 2. The Bertz CT molecular complexity index is 870. The molecule has 3 rings (SSSR count). The van der Waals surface area contributed by atoms with Gasteiger partial charge >= 0.3 is 0 Å². The second-order valence-corrected chi connectivity index (χ2v) is 6.07. The number of hydrogen-bond acceptors (Lipinski definition) is 5. The van der Waals surface area contributed by atoms with E-state index in [1.54, 1.807) is 6.92 Å². The molecular weight excluding hydrogens is 330 g/mol. The van der Waals surface area contributed by atoms with E-state index in [9.17, 15) is 4.79 Å². The third-order valence-electron chi connectivity index (χ3n) is 4.07. The molecule has 1 amide bonds. The largest absolute Gasteiger partial charge is 0.481 e. The molecule has 0 saturated carbocycles. The van der Waals surface area contributed by atoms with Gasteiger partial charge in [-0.2, -0.15) is 0 Å². The highest BCUT2D eigenvalue weighted by molar-refractivity contribution is 5.95. The van der Waals surface area contributed by atoms with Crippen molar-refractivity contribution in [1.29, 1.82) is 0 Å². The summed E-state index contributed by atoms with van der Waals surface area (Å²) >= 11 is 0. The molecule has 0 bridgehead atoms. The molecule has 1 heterocycles. The van der Waals surface area contributed by atoms with Gasteiger partial charge in [0.1, 0.15) is 5.75 Å². The number of hydrogen-bond donors (Lipinski definition) is 1. The molecule has 0 radical (unpaired) electrons. The molecule has 3 aromatic rings. The molecule has 1 N–H and O–H groups in total. The van der Waals surface area contributed by atoms with E-state index < -0.39 is 6.10 Å². The lowest BCUT2D eigenvalue weighted by Crippen LogP contribution is -2.30. The predicted molar refractivity (Wildman–Crippen MR) is 99.0 cm³/mol. The van der Waals surface area contributed by atoms with Crippen molar-refractivity contribution in [3.8, 4) is 17.0 Å². The van der Waals surface area contributed by atoms with Crippen molar-refractivity contribution < 1.29 is 14.2 Å². The van der Waals surface area contributed by atoms with Crippen molar-refractivity contribution in [2.75, 3.05) is 5.32 Å². The maximum atomic E-state index is 12.4. The molecule has 0 spiro atoms. The van der Waals surface area contributed by atoms with E-state index in [0.717, 1.165) is 17.5 Å². The van der Waals surface area contributed by atoms with Crippen LogP contribution < -0.4 is 10.1 Å². The van der Waals surface area contributed by atoms with Gasteiger partial charge in [0.2, 0.25) is 5.82 Å². The quantitative estimate of drug-likeness (QED) is 0.726. The van der Waals surface area contributed by atoms with E-state index in [-0.39, 0.29) is 11.7 Å². The zero-order valence-corrected chi connectivity index (χ0v) is 15.0. The Hall–Kier alpha value is -3.15. The molecule has 0 saturated heterocycles. The second kappa shape index (κ2) is 7.82. The summed E-state index contributed by atoms with van der Waals surface area (Å²) in [6.07, 6.45) is 0.266. The summed E-state index contributed by atoms with van der Waals surface area (Å²) in [6.45, 7) is 5.77. The van der Waals surface area contributed by atoms with E-state index in [1.165, 1.54) is 5.56 Å². The highest BCUT2D eigenvalue weighted by Crippen LogP contribution is 2.25. The number of nitrogens with one attached hydrogen (secondary N) is 1. The molecule has 6 heteroatoms. The fourth-order valence-corrected chi connectivity index (χ4v) is 2.45. The Kier molecular flexibility index (Phi) is 5.31. The van der Waals surface area contributed by atoms with E-state index in [0.29, 0.717) is 11.4 Å². The topological polar surface area (TPSA) is 77.2 Å². The third-order valence-corrected chi connectivity index (χ3v) is 4.07. The first-order chi connectivity index (χ1) is 12.6. The number of amides is 1. The zero-order valence-electron chi connectivity index (χ0n) is 15.0. The van der Waals surface area contributed by atoms with E-state index in [2.05, 4.69) is 22.6 Å². The minimum absolute atomic E-state index is 0.274. The Balaban J connectivity index is 1.67. The molecule has 0 aliphatic rings. The van der Waals surface area contributed by atoms with Crippen molar-refractivity contribution in [3.63, 3.8) is 0 Å². The summed E-state index contributed by atoms with van der Waals surface area (Å²) < 4.78 is 10.5. The Morgan fingerprint density at radius 1 is 1.12 bits per heavy atom. The second-order valence-electron chi connectivity index (χ2n) is 6.07. The Labute approximate surface area is 152 Å². The smallest absolute Gasteiger partial charge is 0.266 e. The van der Waals surface area contributed by atoms with Crippen LogP contribution in [0.15, 0.2) is 53.2 Å². The first-order valence-corrected chi connectivity index (χ1v) is 8.53. The van der Waals surface area contributed by atoms with Gasteiger partial charge < -0.3 is 10.1 Å². The van der Waals surface area contributed by atoms with Crippen LogP contribution in [0.25, 0.3) is 11.3 Å². The van der Waals surface area contributed by atoms with Gasteiger partial charge in [0.15, 0.2) is 11.8 Å². The first kappa shape index (κ1) is 17.7. The standard InChI is InChI=1S/C20H21N3O3/c1-4-15-7-11-17(12-8-15)25-14(3)20(24)21-19-18(22-26-23-19)16-9-5-13(2)6-10-16/h5-12,14H,4H2,1-3H3,(H,21,23,24)/t14-/m1/s1. The maximum Gasteiger partial charge on any atom is 0.266 e. The van der Waals surface area contributed by atoms with Crippen LogP contribution in [0.2, 0.25) is 0 Å². The highest BCUT2D eigenvalue weighted by atomic mass is 16.6. The van der Waals surface area contributed by atoms with Gasteiger partial charge in [-0.05, 0) is 48.3 Å². The van der Waals surface area contributed by atoms with Gasteiger partial charge in [0, 0.05) is 5.56 Å². The van der Waals surface area contributed by atoms with Crippen LogP contribution in [-0.4, -0.2) is 22.3 Å². The van der Waals surface area contributed by atoms with Gasteiger partial charge in [-0.1, -0.05) is 48.9 Å². The highest BCUT2D eigenvalue weighted by Gasteiger charge is 2.20. The number of carbonyl (C=O) groups excluding carboxylic acids is 1. The molecule has 1 aromatic heterocycles. The average molecular weight is 351 g/mol. The fraction of sp³-hybridized carbons (Fsp3) is 0.250. The van der Waals surface area contributed by atoms with Crippen molar-refractivity contribution in [2.24, 2.45) is 0 Å². The molecule has 2 aromatic carbocycles. The molecule has 26 heavy (non-hydrogen) atoms. The molecular formula is C20H21N3O3. The fourth-order valence-electron chi connectivity index (χ4n) is 2.45. The monoisotopic (exact) mass is 351 g/mol. The Morgan fingerprint density at radius 2 is 1.81 bits per heavy atom. The molecule has 6 nitrogen and oxygen atoms in total. The van der Waals surface area contributed by atoms with Gasteiger partial charge in [-0.15, -0.1) is 0 Å². The minimum Gasteiger partial charge on any atom is -0.481 e. The maximum absolute atomic E-state index is 12.4. The molecule has 0 unspecified atom stereocenters. The lowest BCUT2D eigenvalue weighted by atomic mass is 10.1. The normalized spacial score (nSPS) is 11.8. The van der Waals surface area contributed by atoms with Crippen molar-refractivity contribution in [1.82, 2.24) is 10.3 Å². The number of aryl methyl sites for hydroxylation is 2. The van der Waals surface area contributed by atoms with Crippen LogP contribution in [0.3, 0.4) is 0 Å². The van der Waals surface area contributed by atoms with Crippen molar-refractivity contribution in [2.45, 2.75) is 33.3 Å². The zero-order chi connectivity index (χ0) is 18.5. The molecule has 0 aliphatic heterocycles. The number of rotatable bonds is 6. The number of benzene rings is 2. The minimum atomic E-state index is -0.690. The lowest BCUT2D eigenvalue weighted by molar-refractivity contribution is -0.122. The first-order valence-electron chi connectivity index (χ1n) is 8.53. The molecule has 0 fully saturated rings. The lowest BCUT2D eigenvalue weighted by Gasteiger charge is -2.14. The summed E-state index contributed by atoms with van der Waals surface area (Å²) in [5, 5.41) is 10.4. The number of anilines is 1. The third kappa shape index (κ3) is 4.08. The Morgan fingerprint density at radius 3 is 2.46 bits per heavy atom. The van der Waals surface area contributed by atoms with E-state index >= 15 is 0 Å². The van der Waals surface area contributed by atoms with Crippen molar-refractivity contribution >= 4 is 11.7 Å². The van der Waals surface area contributed by atoms with Gasteiger partial charge in [0.25, 0.3) is 5.91 Å². The van der Waals surface area contributed by atoms with Crippen LogP contribution in [0, 0.1) is 6.92 Å².